The molecule has 0 spiro atoms. The Labute approximate surface area is 135 Å². The highest BCUT2D eigenvalue weighted by atomic mass is 35.5. The fourth-order valence-corrected chi connectivity index (χ4v) is 2.15. The summed E-state index contributed by atoms with van der Waals surface area (Å²) in [6.07, 6.45) is 3.09. The lowest BCUT2D eigenvalue weighted by molar-refractivity contribution is -0.123. The molecule has 1 aromatic carbocycles. The van der Waals surface area contributed by atoms with Gasteiger partial charge in [-0.3, -0.25) is 9.59 Å². The van der Waals surface area contributed by atoms with Gasteiger partial charge in [0.2, 0.25) is 11.8 Å². The zero-order valence-corrected chi connectivity index (χ0v) is 13.3. The maximum atomic E-state index is 11.7. The number of amides is 2. The van der Waals surface area contributed by atoms with Crippen LogP contribution in [0.2, 0.25) is 0 Å². The minimum atomic E-state index is -0.350. The molecule has 0 aliphatic carbocycles. The Bertz CT molecular complexity index is 654. The van der Waals surface area contributed by atoms with Gasteiger partial charge in [-0.25, -0.2) is 0 Å². The summed E-state index contributed by atoms with van der Waals surface area (Å²) in [7, 11) is 0. The fraction of sp³-hybridized carbons (Fsp3) is 0.333. The molecule has 22 heavy (non-hydrogen) atoms. The molecule has 6 nitrogen and oxygen atoms in total. The Balaban J connectivity index is 0.00000242. The van der Waals surface area contributed by atoms with Crippen LogP contribution in [-0.2, 0) is 16.1 Å². The second-order valence-electron chi connectivity index (χ2n) is 4.81. The molecule has 0 saturated heterocycles. The number of fused-ring (bicyclic) bond motifs is 1. The molecule has 2 aromatic rings. The van der Waals surface area contributed by atoms with Gasteiger partial charge in [0.15, 0.2) is 0 Å². The molecule has 0 unspecified atom stereocenters. The summed E-state index contributed by atoms with van der Waals surface area (Å²) >= 11 is 0. The lowest BCUT2D eigenvalue weighted by Crippen LogP contribution is -2.36. The van der Waals surface area contributed by atoms with E-state index in [0.29, 0.717) is 5.69 Å². The van der Waals surface area contributed by atoms with Gasteiger partial charge in [-0.05, 0) is 30.0 Å². The number of hydrogen-bond acceptors (Lipinski definition) is 3. The van der Waals surface area contributed by atoms with E-state index in [1.54, 1.807) is 0 Å². The Hall–Kier alpha value is -2.05. The summed E-state index contributed by atoms with van der Waals surface area (Å²) < 4.78 is 2.15. The van der Waals surface area contributed by atoms with E-state index in [0.717, 1.165) is 23.9 Å². The molecular formula is C15H21ClN4O2. The van der Waals surface area contributed by atoms with Crippen molar-refractivity contribution in [3.05, 3.63) is 30.5 Å². The number of anilines is 1. The zero-order chi connectivity index (χ0) is 15.2. The zero-order valence-electron chi connectivity index (χ0n) is 12.5. The van der Waals surface area contributed by atoms with Gasteiger partial charge in [0, 0.05) is 18.4 Å². The molecule has 0 saturated carbocycles. The summed E-state index contributed by atoms with van der Waals surface area (Å²) in [5, 5.41) is 6.34. The highest BCUT2D eigenvalue weighted by Crippen LogP contribution is 2.20. The number of carbonyl (C=O) groups is 2. The van der Waals surface area contributed by atoms with Crippen LogP contribution in [0.25, 0.3) is 10.9 Å². The average Bonchev–Trinajstić information content (AvgIpc) is 2.88. The van der Waals surface area contributed by atoms with Crippen LogP contribution in [0.4, 0.5) is 5.69 Å². The normalized spacial score (nSPS) is 10.1. The summed E-state index contributed by atoms with van der Waals surface area (Å²) in [6, 6.07) is 7.81. The number of aryl methyl sites for hydroxylation is 1. The average molecular weight is 325 g/mol. The van der Waals surface area contributed by atoms with Crippen molar-refractivity contribution in [3.63, 3.8) is 0 Å². The van der Waals surface area contributed by atoms with Crippen molar-refractivity contribution in [2.75, 3.05) is 18.4 Å². The molecular weight excluding hydrogens is 304 g/mol. The first-order valence-corrected chi connectivity index (χ1v) is 6.99. The quantitative estimate of drug-likeness (QED) is 0.752. The number of nitrogens with one attached hydrogen (secondary N) is 2. The van der Waals surface area contributed by atoms with Crippen LogP contribution in [-0.4, -0.2) is 29.5 Å². The number of benzene rings is 1. The monoisotopic (exact) mass is 324 g/mol. The van der Waals surface area contributed by atoms with E-state index in [9.17, 15) is 9.59 Å². The molecule has 0 aliphatic rings. The van der Waals surface area contributed by atoms with Crippen LogP contribution in [0, 0.1) is 0 Å². The molecule has 2 rings (SSSR count). The van der Waals surface area contributed by atoms with Gasteiger partial charge >= 0.3 is 0 Å². The lowest BCUT2D eigenvalue weighted by Gasteiger charge is -2.08. The maximum absolute atomic E-state index is 11.7. The van der Waals surface area contributed by atoms with Gasteiger partial charge in [0.1, 0.15) is 0 Å². The first-order chi connectivity index (χ1) is 10.1. The van der Waals surface area contributed by atoms with E-state index in [4.69, 9.17) is 5.73 Å². The summed E-state index contributed by atoms with van der Waals surface area (Å²) in [6.45, 7) is 2.86. The largest absolute Gasteiger partial charge is 0.347 e. The van der Waals surface area contributed by atoms with Gasteiger partial charge in [-0.2, -0.15) is 0 Å². The molecule has 120 valence electrons. The highest BCUT2D eigenvalue weighted by molar-refractivity contribution is 5.96. The molecule has 2 amide bonds. The van der Waals surface area contributed by atoms with E-state index < -0.39 is 0 Å². The number of nitrogens with two attached hydrogens (primary N) is 1. The Kier molecular flexibility index (Phi) is 6.88. The predicted octanol–water partition coefficient (Wildman–Crippen LogP) is 1.49. The Morgan fingerprint density at radius 1 is 1.23 bits per heavy atom. The van der Waals surface area contributed by atoms with E-state index in [1.807, 2.05) is 24.4 Å². The van der Waals surface area contributed by atoms with E-state index in [2.05, 4.69) is 28.2 Å². The maximum Gasteiger partial charge on any atom is 0.243 e. The van der Waals surface area contributed by atoms with Gasteiger partial charge in [-0.15, -0.1) is 12.4 Å². The number of nitrogens with zero attached hydrogens (tertiary/aromatic N) is 1. The van der Waals surface area contributed by atoms with Crippen molar-refractivity contribution in [2.45, 2.75) is 19.9 Å². The SMILES string of the molecule is CCCn1ccc2ccc(NC(=O)CNC(=O)CN)cc21.Cl. The smallest absolute Gasteiger partial charge is 0.243 e. The minimum absolute atomic E-state index is 0. The van der Waals surface area contributed by atoms with Crippen LogP contribution < -0.4 is 16.4 Å². The van der Waals surface area contributed by atoms with Crippen LogP contribution in [0.15, 0.2) is 30.5 Å². The van der Waals surface area contributed by atoms with Crippen molar-refractivity contribution < 1.29 is 9.59 Å². The summed E-state index contributed by atoms with van der Waals surface area (Å²) in [5.74, 6) is -0.623. The van der Waals surface area contributed by atoms with Gasteiger partial charge < -0.3 is 20.9 Å². The van der Waals surface area contributed by atoms with Gasteiger partial charge in [-0.1, -0.05) is 13.0 Å². The molecule has 0 fully saturated rings. The van der Waals surface area contributed by atoms with Crippen LogP contribution >= 0.6 is 12.4 Å². The predicted molar refractivity (Wildman–Crippen MR) is 90.2 cm³/mol. The second-order valence-corrected chi connectivity index (χ2v) is 4.81. The van der Waals surface area contributed by atoms with Crippen LogP contribution in [0.5, 0.6) is 0 Å². The van der Waals surface area contributed by atoms with Crippen molar-refractivity contribution >= 4 is 40.8 Å². The highest BCUT2D eigenvalue weighted by Gasteiger charge is 2.06. The number of carbonyl (C=O) groups excluding carboxylic acids is 2. The molecule has 4 N–H and O–H groups in total. The van der Waals surface area contributed by atoms with Crippen LogP contribution in [0.3, 0.4) is 0 Å². The minimum Gasteiger partial charge on any atom is -0.347 e. The summed E-state index contributed by atoms with van der Waals surface area (Å²) in [5.41, 5.74) is 6.96. The molecule has 1 heterocycles. The number of aromatic nitrogens is 1. The number of rotatable bonds is 6. The van der Waals surface area contributed by atoms with Crippen molar-refractivity contribution in [1.29, 1.82) is 0 Å². The van der Waals surface area contributed by atoms with Crippen molar-refractivity contribution in [2.24, 2.45) is 5.73 Å². The van der Waals surface area contributed by atoms with Crippen molar-refractivity contribution in [1.82, 2.24) is 9.88 Å². The van der Waals surface area contributed by atoms with Crippen LogP contribution in [0.1, 0.15) is 13.3 Å². The summed E-state index contributed by atoms with van der Waals surface area (Å²) in [4.78, 5) is 22.8. The van der Waals surface area contributed by atoms with E-state index in [-0.39, 0.29) is 37.3 Å². The molecule has 0 atom stereocenters. The fourth-order valence-electron chi connectivity index (χ4n) is 2.15. The first-order valence-electron chi connectivity index (χ1n) is 6.99. The van der Waals surface area contributed by atoms with Gasteiger partial charge in [0.25, 0.3) is 0 Å². The third-order valence-electron chi connectivity index (χ3n) is 3.15. The second kappa shape index (κ2) is 8.41. The molecule has 0 radical (unpaired) electrons. The molecule has 0 bridgehead atoms. The topological polar surface area (TPSA) is 89.2 Å². The molecule has 1 aromatic heterocycles. The standard InChI is InChI=1S/C15H20N4O2.ClH/c1-2-6-19-7-5-11-3-4-12(8-13(11)19)18-15(21)10-17-14(20)9-16;/h3-5,7-8H,2,6,9-10,16H2,1H3,(H,17,20)(H,18,21);1H. The number of halogens is 1. The number of hydrogen-bond donors (Lipinski definition) is 3. The third kappa shape index (κ3) is 4.47. The van der Waals surface area contributed by atoms with E-state index >= 15 is 0 Å². The Morgan fingerprint density at radius 2 is 2.00 bits per heavy atom. The van der Waals surface area contributed by atoms with Crippen molar-refractivity contribution in [3.8, 4) is 0 Å². The third-order valence-corrected chi connectivity index (χ3v) is 3.15. The Morgan fingerprint density at radius 3 is 2.68 bits per heavy atom. The molecule has 7 heteroatoms. The van der Waals surface area contributed by atoms with E-state index in [1.165, 1.54) is 0 Å². The first kappa shape index (κ1) is 18.0. The van der Waals surface area contributed by atoms with Gasteiger partial charge in [0.05, 0.1) is 18.6 Å². The molecule has 0 aliphatic heterocycles. The lowest BCUT2D eigenvalue weighted by atomic mass is 10.2.